The smallest absolute Gasteiger partial charge is 0.394 e. The molecule has 0 aliphatic rings. The van der Waals surface area contributed by atoms with Crippen molar-refractivity contribution < 1.29 is 18.3 Å². The summed E-state index contributed by atoms with van der Waals surface area (Å²) in [5, 5.41) is 2.37. The van der Waals surface area contributed by atoms with Gasteiger partial charge in [-0.05, 0) is 31.0 Å². The average molecular weight is 228 g/mol. The molecule has 0 unspecified atom stereocenters. The van der Waals surface area contributed by atoms with E-state index in [-0.39, 0.29) is 5.75 Å². The summed E-state index contributed by atoms with van der Waals surface area (Å²) in [6.07, 6.45) is -3.23. The number of alkyl halides is 2. The zero-order valence-corrected chi connectivity index (χ0v) is 8.54. The molecule has 0 aromatic heterocycles. The van der Waals surface area contributed by atoms with Crippen LogP contribution in [0.25, 0.3) is 0 Å². The second kappa shape index (κ2) is 4.69. The first-order chi connectivity index (χ1) is 7.40. The molecule has 86 valence electrons. The third kappa shape index (κ3) is 4.04. The van der Waals surface area contributed by atoms with Crippen LogP contribution in [0.2, 0.25) is 0 Å². The molecular weight excluding hydrogens is 218 g/mol. The highest BCUT2D eigenvalue weighted by molar-refractivity contribution is 5.92. The van der Waals surface area contributed by atoms with Gasteiger partial charge in [0.2, 0.25) is 0 Å². The van der Waals surface area contributed by atoms with Crippen LogP contribution in [0.5, 0.6) is 5.75 Å². The number of hydrogen-bond donors (Lipinski definition) is 1. The van der Waals surface area contributed by atoms with Gasteiger partial charge >= 0.3 is 12.1 Å². The van der Waals surface area contributed by atoms with E-state index in [1.165, 1.54) is 24.3 Å². The first-order valence-corrected chi connectivity index (χ1v) is 4.35. The van der Waals surface area contributed by atoms with Crippen molar-refractivity contribution in [2.75, 3.05) is 5.32 Å². The molecule has 0 radical (unpaired) electrons. The minimum Gasteiger partial charge on any atom is -0.433 e. The quantitative estimate of drug-likeness (QED) is 0.808. The van der Waals surface area contributed by atoms with Crippen molar-refractivity contribution in [2.45, 2.75) is 13.0 Å². The molecule has 1 rings (SSSR count). The van der Waals surface area contributed by atoms with E-state index in [4.69, 9.17) is 0 Å². The van der Waals surface area contributed by atoms with E-state index >= 15 is 0 Å². The molecule has 0 saturated heterocycles. The Hall–Kier alpha value is -1.98. The van der Waals surface area contributed by atoms with Crippen LogP contribution < -0.4 is 10.1 Å². The molecule has 0 spiro atoms. The average Bonchev–Trinajstić information content (AvgIpc) is 2.18. The third-order valence-corrected chi connectivity index (χ3v) is 1.55. The van der Waals surface area contributed by atoms with Crippen molar-refractivity contribution in [2.24, 2.45) is 4.99 Å². The standard InChI is InChI=1S/C10H10F2N2O2/c1-10(11,12)16-8-5-3-7(4-6-8)14-9(15)13-2/h3-6H,2H2,1H3,(H,14,15). The number of nitrogens with zero attached hydrogens (tertiary/aromatic N) is 1. The number of hydrogen-bond acceptors (Lipinski definition) is 2. The SMILES string of the molecule is C=NC(=O)Nc1ccc(OC(C)(F)F)cc1. The molecule has 0 aliphatic carbocycles. The van der Waals surface area contributed by atoms with Crippen LogP contribution in [-0.4, -0.2) is 18.9 Å². The molecule has 0 atom stereocenters. The fraction of sp³-hybridized carbons (Fsp3) is 0.200. The molecule has 1 aromatic carbocycles. The van der Waals surface area contributed by atoms with E-state index < -0.39 is 12.1 Å². The molecular formula is C10H10F2N2O2. The highest BCUT2D eigenvalue weighted by Crippen LogP contribution is 2.22. The Bertz CT molecular complexity index is 385. The second-order valence-electron chi connectivity index (χ2n) is 3.02. The van der Waals surface area contributed by atoms with Gasteiger partial charge in [0.05, 0.1) is 0 Å². The number of anilines is 1. The summed E-state index contributed by atoms with van der Waals surface area (Å²) in [6, 6.07) is 4.86. The van der Waals surface area contributed by atoms with Crippen molar-refractivity contribution in [3.63, 3.8) is 0 Å². The molecule has 16 heavy (non-hydrogen) atoms. The summed E-state index contributed by atoms with van der Waals surface area (Å²) in [4.78, 5) is 13.9. The molecule has 0 fully saturated rings. The van der Waals surface area contributed by atoms with Crippen molar-refractivity contribution in [1.82, 2.24) is 0 Å². The number of rotatable bonds is 3. The van der Waals surface area contributed by atoms with Crippen molar-refractivity contribution in [3.05, 3.63) is 24.3 Å². The minimum absolute atomic E-state index is 0.0112. The first-order valence-electron chi connectivity index (χ1n) is 4.35. The number of ether oxygens (including phenoxy) is 1. The van der Waals surface area contributed by atoms with Gasteiger partial charge in [-0.2, -0.15) is 8.78 Å². The van der Waals surface area contributed by atoms with Gasteiger partial charge in [-0.3, -0.25) is 0 Å². The van der Waals surface area contributed by atoms with Gasteiger partial charge in [-0.25, -0.2) is 9.79 Å². The fourth-order valence-corrected chi connectivity index (χ4v) is 0.976. The lowest BCUT2D eigenvalue weighted by molar-refractivity contribution is -0.158. The van der Waals surface area contributed by atoms with Gasteiger partial charge in [0.15, 0.2) is 0 Å². The summed E-state index contributed by atoms with van der Waals surface area (Å²) in [5.41, 5.74) is 0.421. The molecule has 1 N–H and O–H groups in total. The molecule has 0 saturated carbocycles. The normalized spacial score (nSPS) is 10.7. The maximum absolute atomic E-state index is 12.5. The predicted molar refractivity (Wildman–Crippen MR) is 56.3 cm³/mol. The first kappa shape index (κ1) is 12.1. The second-order valence-corrected chi connectivity index (χ2v) is 3.02. The molecule has 4 nitrogen and oxygen atoms in total. The van der Waals surface area contributed by atoms with E-state index in [1.54, 1.807) is 0 Å². The number of nitrogens with one attached hydrogen (secondary N) is 1. The monoisotopic (exact) mass is 228 g/mol. The van der Waals surface area contributed by atoms with E-state index in [1.807, 2.05) is 0 Å². The molecule has 0 aliphatic heterocycles. The Morgan fingerprint density at radius 1 is 1.44 bits per heavy atom. The topological polar surface area (TPSA) is 50.7 Å². The highest BCUT2D eigenvalue weighted by Gasteiger charge is 2.22. The maximum atomic E-state index is 12.5. The molecule has 1 aromatic rings. The zero-order valence-electron chi connectivity index (χ0n) is 8.54. The Morgan fingerprint density at radius 2 is 2.00 bits per heavy atom. The van der Waals surface area contributed by atoms with Gasteiger partial charge < -0.3 is 10.1 Å². The summed E-state index contributed by atoms with van der Waals surface area (Å²) in [5.74, 6) is 0.0112. The van der Waals surface area contributed by atoms with Gasteiger partial charge in [0.1, 0.15) is 5.75 Å². The van der Waals surface area contributed by atoms with Crippen molar-refractivity contribution in [1.29, 1.82) is 0 Å². The van der Waals surface area contributed by atoms with Gasteiger partial charge in [-0.15, -0.1) is 0 Å². The largest absolute Gasteiger partial charge is 0.433 e. The highest BCUT2D eigenvalue weighted by atomic mass is 19.3. The maximum Gasteiger partial charge on any atom is 0.394 e. The lowest BCUT2D eigenvalue weighted by Crippen LogP contribution is -2.19. The van der Waals surface area contributed by atoms with Crippen LogP contribution in [0.15, 0.2) is 29.3 Å². The number of benzene rings is 1. The van der Waals surface area contributed by atoms with E-state index in [0.717, 1.165) is 0 Å². The van der Waals surface area contributed by atoms with Crippen LogP contribution in [0.1, 0.15) is 6.92 Å². The van der Waals surface area contributed by atoms with Crippen molar-refractivity contribution in [3.8, 4) is 5.75 Å². The van der Waals surface area contributed by atoms with E-state index in [0.29, 0.717) is 12.6 Å². The molecule has 2 amide bonds. The Morgan fingerprint density at radius 3 is 2.44 bits per heavy atom. The molecule has 0 bridgehead atoms. The van der Waals surface area contributed by atoms with Gasteiger partial charge in [-0.1, -0.05) is 0 Å². The van der Waals surface area contributed by atoms with Crippen LogP contribution in [0, 0.1) is 0 Å². The number of carbonyl (C=O) groups is 1. The lowest BCUT2D eigenvalue weighted by Gasteiger charge is -2.13. The van der Waals surface area contributed by atoms with Crippen molar-refractivity contribution >= 4 is 18.4 Å². The molecule has 6 heteroatoms. The number of halogens is 2. The van der Waals surface area contributed by atoms with Crippen LogP contribution in [-0.2, 0) is 0 Å². The van der Waals surface area contributed by atoms with Crippen LogP contribution in [0.3, 0.4) is 0 Å². The minimum atomic E-state index is -3.23. The fourth-order valence-electron chi connectivity index (χ4n) is 0.976. The number of urea groups is 1. The number of carbonyl (C=O) groups excluding carboxylic acids is 1. The van der Waals surface area contributed by atoms with E-state index in [9.17, 15) is 13.6 Å². The van der Waals surface area contributed by atoms with E-state index in [2.05, 4.69) is 21.8 Å². The lowest BCUT2D eigenvalue weighted by atomic mass is 10.3. The summed E-state index contributed by atoms with van der Waals surface area (Å²) in [6.45, 7) is 3.68. The van der Waals surface area contributed by atoms with Crippen LogP contribution >= 0.6 is 0 Å². The molecule has 0 heterocycles. The Labute approximate surface area is 90.9 Å². The summed E-state index contributed by atoms with van der Waals surface area (Å²) in [7, 11) is 0. The summed E-state index contributed by atoms with van der Waals surface area (Å²) < 4.78 is 29.2. The van der Waals surface area contributed by atoms with Crippen LogP contribution in [0.4, 0.5) is 19.3 Å². The summed E-state index contributed by atoms with van der Waals surface area (Å²) >= 11 is 0. The number of amides is 2. The Kier molecular flexibility index (Phi) is 3.55. The number of aliphatic imine (C=N–C) groups is 1. The zero-order chi connectivity index (χ0) is 12.2. The Balaban J connectivity index is 2.68. The van der Waals surface area contributed by atoms with Gasteiger partial charge in [0, 0.05) is 12.6 Å². The van der Waals surface area contributed by atoms with Gasteiger partial charge in [0.25, 0.3) is 0 Å². The third-order valence-electron chi connectivity index (χ3n) is 1.55. The predicted octanol–water partition coefficient (Wildman–Crippen LogP) is 2.91.